The molecule has 122 heavy (non-hydrogen) atoms. The maximum Gasteiger partial charge on any atom is 0.0713 e. The van der Waals surface area contributed by atoms with Gasteiger partial charge in [-0.2, -0.15) is 0 Å². The van der Waals surface area contributed by atoms with E-state index in [1.807, 2.05) is 207 Å². The van der Waals surface area contributed by atoms with Gasteiger partial charge in [-0.25, -0.2) is 0 Å². The van der Waals surface area contributed by atoms with Crippen molar-refractivity contribution < 1.29 is 0 Å². The number of hydrogen-bond acceptors (Lipinski definition) is 0. The van der Waals surface area contributed by atoms with E-state index in [-0.39, 0.29) is 10.8 Å². The van der Waals surface area contributed by atoms with Crippen LogP contribution in [-0.2, 0) is 10.8 Å². The van der Waals surface area contributed by atoms with Crippen LogP contribution >= 0.6 is 0 Å². The van der Waals surface area contributed by atoms with Crippen LogP contribution in [0.3, 0.4) is 0 Å². The molecule has 0 radical (unpaired) electrons. The number of fused-ring (bicyclic) bond motifs is 11. The standard InChI is InChI=1S/C25H18.C15H14.C15H12.C14H10.C10H8.3C7H8.11C2H6/c1-3-11-19(12-4-1)25(20-13-5-2-6-14-20)23-17-9-7-15-21(23)22-16-8-10-18-24(22)25;1-15(2)13-9-5-3-7-11(13)12-8-4-6-10-14(12)15;1-11-14-8-4-2-6-12(14)10-13-7-3-5-9-15(11)13;1-2-6-12-10-14-8-4-3-7-13(14)9-11(12)5-1;1-2-6-10-8-4-3-7-9(10)5-1;3*1-7-5-3-2-4-6-7;11*1-2/h1-18H;3-10H,1-2H3;2-10H,1H3;1-10H;1-8H;3*2-6H,1H3;11*1-2H3. The first-order valence-corrected chi connectivity index (χ1v) is 45.8. The quantitative estimate of drug-likeness (QED) is 0.151. The van der Waals surface area contributed by atoms with Gasteiger partial charge in [-0.15, -0.1) is 0 Å². The summed E-state index contributed by atoms with van der Waals surface area (Å²) in [4.78, 5) is 0. The Morgan fingerprint density at radius 2 is 0.328 bits per heavy atom. The molecule has 0 amide bonds. The second-order valence-corrected chi connectivity index (χ2v) is 26.1. The fourth-order valence-electron chi connectivity index (χ4n) is 13.9. The van der Waals surface area contributed by atoms with E-state index < -0.39 is 0 Å². The molecule has 17 aromatic rings. The van der Waals surface area contributed by atoms with Gasteiger partial charge in [0.2, 0.25) is 0 Å². The molecule has 0 heterocycles. The lowest BCUT2D eigenvalue weighted by Gasteiger charge is -2.33. The van der Waals surface area contributed by atoms with Crippen LogP contribution in [0.15, 0.2) is 413 Å². The van der Waals surface area contributed by atoms with E-state index in [0.29, 0.717) is 0 Å². The van der Waals surface area contributed by atoms with Gasteiger partial charge in [-0.3, -0.25) is 0 Å². The van der Waals surface area contributed by atoms with Crippen LogP contribution in [0.2, 0.25) is 0 Å². The lowest BCUT2D eigenvalue weighted by atomic mass is 9.68. The minimum atomic E-state index is -0.254. The van der Waals surface area contributed by atoms with Gasteiger partial charge in [0.1, 0.15) is 0 Å². The van der Waals surface area contributed by atoms with Crippen LogP contribution in [0, 0.1) is 27.7 Å². The number of hydrogen-bond donors (Lipinski definition) is 0. The Hall–Kier alpha value is -12.0. The Labute approximate surface area is 744 Å². The molecule has 2 aliphatic carbocycles. The SMILES string of the molecule is CC.CC.CC.CC.CC.CC.CC.CC.CC.CC.CC.CC1(C)c2ccccc2-c2ccccc21.Cc1c2ccccc2cc2ccccc12.Cc1ccccc1.Cc1ccccc1.Cc1ccccc1.c1ccc(C2(c3ccccc3)c3ccccc3-c3ccccc32)cc1.c1ccc2cc3ccccc3cc2c1.c1ccc2ccccc2c1. The zero-order valence-corrected chi connectivity index (χ0v) is 80.3. The zero-order valence-electron chi connectivity index (χ0n) is 80.3. The fraction of sp³-hybridized carbons (Fsp3) is 0.246. The average Bonchev–Trinajstić information content (AvgIpc) is 1.56. The van der Waals surface area contributed by atoms with Crippen molar-refractivity contribution in [2.75, 3.05) is 0 Å². The van der Waals surface area contributed by atoms with Gasteiger partial charge in [0.15, 0.2) is 0 Å². The topological polar surface area (TPSA) is 0 Å². The normalized spacial score (nSPS) is 10.3. The Morgan fingerprint density at radius 3 is 0.566 bits per heavy atom. The van der Waals surface area contributed by atoms with Crippen LogP contribution in [0.5, 0.6) is 0 Å². The molecule has 0 N–H and O–H groups in total. The van der Waals surface area contributed by atoms with Gasteiger partial charge in [0, 0.05) is 5.41 Å². The van der Waals surface area contributed by atoms with Gasteiger partial charge >= 0.3 is 0 Å². The van der Waals surface area contributed by atoms with E-state index >= 15 is 0 Å². The molecule has 0 atom stereocenters. The molecule has 640 valence electrons. The molecule has 0 aliphatic heterocycles. The molecule has 0 heteroatoms. The third-order valence-corrected chi connectivity index (χ3v) is 19.0. The molecule has 17 aromatic carbocycles. The van der Waals surface area contributed by atoms with Crippen molar-refractivity contribution in [2.24, 2.45) is 0 Å². The number of rotatable bonds is 2. The first-order valence-electron chi connectivity index (χ1n) is 45.8. The molecular formula is C122H152. The summed E-state index contributed by atoms with van der Waals surface area (Å²) >= 11 is 0. The lowest BCUT2D eigenvalue weighted by molar-refractivity contribution is 0.660. The summed E-state index contributed by atoms with van der Waals surface area (Å²) < 4.78 is 0. The van der Waals surface area contributed by atoms with Crippen LogP contribution < -0.4 is 0 Å². The van der Waals surface area contributed by atoms with Gasteiger partial charge in [0.25, 0.3) is 0 Å². The highest BCUT2D eigenvalue weighted by Crippen LogP contribution is 2.56. The van der Waals surface area contributed by atoms with Crippen molar-refractivity contribution in [3.05, 3.63) is 468 Å². The fourth-order valence-corrected chi connectivity index (χ4v) is 13.9. The van der Waals surface area contributed by atoms with Crippen LogP contribution in [-0.4, -0.2) is 0 Å². The molecule has 0 unspecified atom stereocenters. The lowest BCUT2D eigenvalue weighted by Crippen LogP contribution is -2.28. The van der Waals surface area contributed by atoms with Crippen molar-refractivity contribution in [3.8, 4) is 22.3 Å². The molecule has 0 nitrogen and oxygen atoms in total. The van der Waals surface area contributed by atoms with E-state index in [0.717, 1.165) is 0 Å². The zero-order chi connectivity index (χ0) is 90.9. The van der Waals surface area contributed by atoms with E-state index in [2.05, 4.69) is 399 Å². The van der Waals surface area contributed by atoms with Gasteiger partial charge in [0.05, 0.1) is 5.41 Å². The predicted molar refractivity (Wildman–Crippen MR) is 558 cm³/mol. The first-order chi connectivity index (χ1) is 60.1. The maximum absolute atomic E-state index is 2.30. The Kier molecular flexibility index (Phi) is 57.5. The Balaban J connectivity index is 0.000000694. The summed E-state index contributed by atoms with van der Waals surface area (Å²) in [5.74, 6) is 0. The minimum Gasteiger partial charge on any atom is -0.0683 e. The van der Waals surface area contributed by atoms with Crippen molar-refractivity contribution >= 4 is 53.9 Å². The van der Waals surface area contributed by atoms with E-state index in [1.165, 1.54) is 132 Å². The van der Waals surface area contributed by atoms with Crippen LogP contribution in [0.1, 0.15) is 222 Å². The summed E-state index contributed by atoms with van der Waals surface area (Å²) in [5, 5.41) is 13.2. The highest BCUT2D eigenvalue weighted by atomic mass is 14.5. The smallest absolute Gasteiger partial charge is 0.0683 e. The second-order valence-electron chi connectivity index (χ2n) is 26.1. The summed E-state index contributed by atoms with van der Waals surface area (Å²) in [6.07, 6.45) is 0. The summed E-state index contributed by atoms with van der Waals surface area (Å²) in [6.45, 7) is 57.1. The van der Waals surface area contributed by atoms with Crippen molar-refractivity contribution in [3.63, 3.8) is 0 Å². The minimum absolute atomic E-state index is 0.160. The molecule has 0 saturated heterocycles. The molecule has 0 fully saturated rings. The van der Waals surface area contributed by atoms with Crippen LogP contribution in [0.4, 0.5) is 0 Å². The van der Waals surface area contributed by atoms with Crippen LogP contribution in [0.25, 0.3) is 76.1 Å². The van der Waals surface area contributed by atoms with E-state index in [9.17, 15) is 0 Å². The molecule has 0 aromatic heterocycles. The van der Waals surface area contributed by atoms with Gasteiger partial charge in [-0.1, -0.05) is 577 Å². The van der Waals surface area contributed by atoms with E-state index in [1.54, 1.807) is 0 Å². The Morgan fingerprint density at radius 1 is 0.156 bits per heavy atom. The summed E-state index contributed by atoms with van der Waals surface area (Å²) in [5.41, 5.74) is 19.0. The van der Waals surface area contributed by atoms with Crippen molar-refractivity contribution in [1.82, 2.24) is 0 Å². The highest BCUT2D eigenvalue weighted by Gasteiger charge is 2.45. The predicted octanol–water partition coefficient (Wildman–Crippen LogP) is 38.5. The molecule has 0 bridgehead atoms. The second kappa shape index (κ2) is 64.9. The monoisotopic (exact) mass is 1620 g/mol. The largest absolute Gasteiger partial charge is 0.0713 e. The third kappa shape index (κ3) is 31.6. The van der Waals surface area contributed by atoms with Crippen molar-refractivity contribution in [1.29, 1.82) is 0 Å². The molecule has 0 spiro atoms. The molecular weight excluding hydrogens is 1470 g/mol. The number of aryl methyl sites for hydroxylation is 4. The third-order valence-electron chi connectivity index (χ3n) is 19.0. The van der Waals surface area contributed by atoms with E-state index in [4.69, 9.17) is 0 Å². The van der Waals surface area contributed by atoms with Gasteiger partial charge < -0.3 is 0 Å². The average molecular weight is 1620 g/mol. The summed E-state index contributed by atoms with van der Waals surface area (Å²) in [6, 6.07) is 145. The Bertz CT molecular complexity index is 4970. The molecule has 2 aliphatic rings. The highest BCUT2D eigenvalue weighted by molar-refractivity contribution is 6.02. The molecule has 19 rings (SSSR count). The molecule has 0 saturated carbocycles. The van der Waals surface area contributed by atoms with Crippen molar-refractivity contribution in [2.45, 2.75) is 205 Å². The summed E-state index contributed by atoms with van der Waals surface area (Å²) in [7, 11) is 0. The first kappa shape index (κ1) is 108. The van der Waals surface area contributed by atoms with Gasteiger partial charge in [-0.05, 0) is 161 Å². The number of benzene rings is 17. The maximum atomic E-state index is 2.30.